The maximum absolute atomic E-state index is 2.50. The average Bonchev–Trinajstić information content (AvgIpc) is 2.67. The first kappa shape index (κ1) is 10.5. The second kappa shape index (κ2) is 4.23. The van der Waals surface area contributed by atoms with E-state index in [4.69, 9.17) is 0 Å². The third kappa shape index (κ3) is 2.15. The van der Waals surface area contributed by atoms with E-state index < -0.39 is 0 Å². The van der Waals surface area contributed by atoms with Crippen LogP contribution in [-0.2, 0) is 0 Å². The van der Waals surface area contributed by atoms with Gasteiger partial charge in [-0.2, -0.15) is 0 Å². The number of rotatable bonds is 2. The molecule has 82 valence electrons. The van der Waals surface area contributed by atoms with Crippen LogP contribution in [0.5, 0.6) is 0 Å². The van der Waals surface area contributed by atoms with Crippen LogP contribution in [-0.4, -0.2) is 38.1 Å². The van der Waals surface area contributed by atoms with Gasteiger partial charge >= 0.3 is 0 Å². The van der Waals surface area contributed by atoms with Crippen LogP contribution < -0.4 is 4.90 Å². The van der Waals surface area contributed by atoms with Crippen molar-refractivity contribution in [3.05, 3.63) is 29.8 Å². The topological polar surface area (TPSA) is 6.48 Å². The summed E-state index contributed by atoms with van der Waals surface area (Å²) >= 11 is 0. The third-order valence-corrected chi connectivity index (χ3v) is 3.35. The summed E-state index contributed by atoms with van der Waals surface area (Å²) in [5.74, 6) is 0. The molecule has 0 saturated carbocycles. The van der Waals surface area contributed by atoms with Gasteiger partial charge in [0.05, 0.1) is 0 Å². The molecule has 0 amide bonds. The summed E-state index contributed by atoms with van der Waals surface area (Å²) in [6.07, 6.45) is 1.28. The lowest BCUT2D eigenvalue weighted by atomic mass is 10.2. The number of aryl methyl sites for hydroxylation is 1. The quantitative estimate of drug-likeness (QED) is 0.728. The Morgan fingerprint density at radius 3 is 2.60 bits per heavy atom. The molecule has 1 fully saturated rings. The molecule has 0 N–H and O–H groups in total. The lowest BCUT2D eigenvalue weighted by molar-refractivity contribution is 0.315. The Labute approximate surface area is 92.5 Å². The third-order valence-electron chi connectivity index (χ3n) is 3.35. The molecule has 1 atom stereocenters. The summed E-state index contributed by atoms with van der Waals surface area (Å²) in [6, 6.07) is 9.37. The van der Waals surface area contributed by atoms with Crippen molar-refractivity contribution in [3.8, 4) is 0 Å². The second-order valence-electron chi connectivity index (χ2n) is 4.64. The Morgan fingerprint density at radius 2 is 2.00 bits per heavy atom. The molecule has 0 aromatic heterocycles. The van der Waals surface area contributed by atoms with E-state index in [1.165, 1.54) is 24.2 Å². The van der Waals surface area contributed by atoms with E-state index in [0.717, 1.165) is 6.54 Å². The number of likely N-dealkylation sites (N-methyl/N-ethyl adjacent to an activating group) is 1. The van der Waals surface area contributed by atoms with Crippen LogP contribution in [0.1, 0.15) is 12.0 Å². The highest BCUT2D eigenvalue weighted by molar-refractivity contribution is 5.53. The maximum atomic E-state index is 2.50. The van der Waals surface area contributed by atoms with Gasteiger partial charge in [-0.15, -0.1) is 0 Å². The Bertz CT molecular complexity index is 333. The van der Waals surface area contributed by atoms with Gasteiger partial charge in [-0.1, -0.05) is 18.2 Å². The molecule has 1 saturated heterocycles. The number of para-hydroxylation sites is 1. The summed E-state index contributed by atoms with van der Waals surface area (Å²) in [5, 5.41) is 0. The van der Waals surface area contributed by atoms with E-state index in [2.05, 4.69) is 55.1 Å². The molecule has 0 spiro atoms. The van der Waals surface area contributed by atoms with Crippen molar-refractivity contribution in [2.75, 3.05) is 32.1 Å². The molecule has 2 nitrogen and oxygen atoms in total. The monoisotopic (exact) mass is 204 g/mol. The lowest BCUT2D eigenvalue weighted by Crippen LogP contribution is -2.31. The van der Waals surface area contributed by atoms with Crippen molar-refractivity contribution in [1.29, 1.82) is 0 Å². The van der Waals surface area contributed by atoms with Crippen LogP contribution in [0.2, 0.25) is 0 Å². The predicted octanol–water partition coefficient (Wildman–Crippen LogP) is 2.14. The van der Waals surface area contributed by atoms with E-state index in [1.807, 2.05) is 0 Å². The maximum Gasteiger partial charge on any atom is 0.0396 e. The normalized spacial score (nSPS) is 21.3. The molecule has 1 aliphatic heterocycles. The Morgan fingerprint density at radius 1 is 1.27 bits per heavy atom. The highest BCUT2D eigenvalue weighted by Gasteiger charge is 2.24. The van der Waals surface area contributed by atoms with Crippen LogP contribution >= 0.6 is 0 Å². The molecule has 2 heteroatoms. The minimum atomic E-state index is 0.713. The van der Waals surface area contributed by atoms with Crippen LogP contribution in [0, 0.1) is 6.92 Å². The fourth-order valence-corrected chi connectivity index (χ4v) is 2.30. The molecule has 1 aromatic carbocycles. The van der Waals surface area contributed by atoms with Crippen LogP contribution in [0.3, 0.4) is 0 Å². The van der Waals surface area contributed by atoms with E-state index in [1.54, 1.807) is 0 Å². The van der Waals surface area contributed by atoms with Crippen LogP contribution in [0.4, 0.5) is 5.69 Å². The first-order chi connectivity index (χ1) is 7.18. The molecule has 0 radical (unpaired) electrons. The van der Waals surface area contributed by atoms with Crippen LogP contribution in [0.25, 0.3) is 0 Å². The van der Waals surface area contributed by atoms with E-state index in [-0.39, 0.29) is 0 Å². The lowest BCUT2D eigenvalue weighted by Gasteiger charge is -2.23. The fourth-order valence-electron chi connectivity index (χ4n) is 2.30. The summed E-state index contributed by atoms with van der Waals surface area (Å²) in [6.45, 7) is 4.55. The number of hydrogen-bond donors (Lipinski definition) is 0. The van der Waals surface area contributed by atoms with E-state index in [9.17, 15) is 0 Å². The molecular formula is C13H20N2. The summed E-state index contributed by atoms with van der Waals surface area (Å²) in [4.78, 5) is 4.83. The molecule has 0 bridgehead atoms. The smallest absolute Gasteiger partial charge is 0.0396 e. The summed E-state index contributed by atoms with van der Waals surface area (Å²) in [7, 11) is 4.35. The average molecular weight is 204 g/mol. The van der Waals surface area contributed by atoms with Crippen molar-refractivity contribution >= 4 is 5.69 Å². The van der Waals surface area contributed by atoms with Crippen molar-refractivity contribution in [1.82, 2.24) is 4.90 Å². The minimum absolute atomic E-state index is 0.713. The molecular weight excluding hydrogens is 184 g/mol. The Kier molecular flexibility index (Phi) is 2.96. The predicted molar refractivity (Wildman–Crippen MR) is 65.5 cm³/mol. The van der Waals surface area contributed by atoms with Gasteiger partial charge in [0.2, 0.25) is 0 Å². The number of anilines is 1. The zero-order chi connectivity index (χ0) is 10.8. The minimum Gasteiger partial charge on any atom is -0.370 e. The van der Waals surface area contributed by atoms with Crippen LogP contribution in [0.15, 0.2) is 24.3 Å². The Hall–Kier alpha value is -1.02. The second-order valence-corrected chi connectivity index (χ2v) is 4.64. The molecule has 15 heavy (non-hydrogen) atoms. The molecule has 1 unspecified atom stereocenters. The van der Waals surface area contributed by atoms with E-state index >= 15 is 0 Å². The first-order valence-corrected chi connectivity index (χ1v) is 5.65. The number of nitrogens with zero attached hydrogens (tertiary/aromatic N) is 2. The van der Waals surface area contributed by atoms with E-state index in [0.29, 0.717) is 6.04 Å². The van der Waals surface area contributed by atoms with Crippen molar-refractivity contribution in [3.63, 3.8) is 0 Å². The number of benzene rings is 1. The molecule has 1 aliphatic rings. The SMILES string of the molecule is Cc1ccccc1N1CCC(N(C)C)C1. The summed E-state index contributed by atoms with van der Waals surface area (Å²) < 4.78 is 0. The van der Waals surface area contributed by atoms with Gasteiger partial charge in [-0.25, -0.2) is 0 Å². The van der Waals surface area contributed by atoms with Crippen molar-refractivity contribution in [2.24, 2.45) is 0 Å². The summed E-state index contributed by atoms with van der Waals surface area (Å²) in [5.41, 5.74) is 2.79. The molecule has 2 rings (SSSR count). The highest BCUT2D eigenvalue weighted by atomic mass is 15.2. The largest absolute Gasteiger partial charge is 0.370 e. The van der Waals surface area contributed by atoms with Gasteiger partial charge in [0.1, 0.15) is 0 Å². The van der Waals surface area contributed by atoms with Gasteiger partial charge in [0.25, 0.3) is 0 Å². The van der Waals surface area contributed by atoms with Gasteiger partial charge in [0, 0.05) is 24.8 Å². The molecule has 0 aliphatic carbocycles. The molecule has 1 aromatic rings. The zero-order valence-corrected chi connectivity index (χ0v) is 9.90. The Balaban J connectivity index is 2.11. The standard InChI is InChI=1S/C13H20N2/c1-11-6-4-5-7-13(11)15-9-8-12(10-15)14(2)3/h4-7,12H,8-10H2,1-3H3. The van der Waals surface area contributed by atoms with Crippen molar-refractivity contribution < 1.29 is 0 Å². The highest BCUT2D eigenvalue weighted by Crippen LogP contribution is 2.24. The first-order valence-electron chi connectivity index (χ1n) is 5.65. The molecule has 1 heterocycles. The fraction of sp³-hybridized carbons (Fsp3) is 0.538. The van der Waals surface area contributed by atoms with Gasteiger partial charge in [-0.3, -0.25) is 0 Å². The van der Waals surface area contributed by atoms with Gasteiger partial charge < -0.3 is 9.80 Å². The zero-order valence-electron chi connectivity index (χ0n) is 9.90. The van der Waals surface area contributed by atoms with Gasteiger partial charge in [-0.05, 0) is 39.1 Å². The number of hydrogen-bond acceptors (Lipinski definition) is 2. The van der Waals surface area contributed by atoms with Crippen molar-refractivity contribution in [2.45, 2.75) is 19.4 Å². The van der Waals surface area contributed by atoms with Gasteiger partial charge in [0.15, 0.2) is 0 Å².